The van der Waals surface area contributed by atoms with Gasteiger partial charge in [-0.05, 0) is 43.3 Å². The molecule has 0 unspecified atom stereocenters. The molecule has 3 aromatic rings. The Kier molecular flexibility index (Phi) is 6.82. The predicted molar refractivity (Wildman–Crippen MR) is 130 cm³/mol. The molecule has 0 aromatic heterocycles. The standard InChI is InChI=1S/C27H26N2O5/c1-4-34-20-15-13-19(14-16-20)28-25-24(21-10-6-8-12-23(21)33-3)26(30)29(27(25)31)17-18-9-5-7-11-22(18)32-2/h5-16,28H,4,17H2,1-3H3. The summed E-state index contributed by atoms with van der Waals surface area (Å²) in [6.07, 6.45) is 0. The van der Waals surface area contributed by atoms with E-state index in [2.05, 4.69) is 5.32 Å². The van der Waals surface area contributed by atoms with Crippen LogP contribution in [-0.2, 0) is 16.1 Å². The van der Waals surface area contributed by atoms with Crippen LogP contribution in [0.3, 0.4) is 0 Å². The van der Waals surface area contributed by atoms with Crippen molar-refractivity contribution in [3.8, 4) is 17.2 Å². The average Bonchev–Trinajstić information content (AvgIpc) is 3.09. The maximum absolute atomic E-state index is 13.6. The first-order valence-electron chi connectivity index (χ1n) is 10.9. The van der Waals surface area contributed by atoms with Gasteiger partial charge in [0.15, 0.2) is 0 Å². The molecule has 0 fully saturated rings. The van der Waals surface area contributed by atoms with Gasteiger partial charge in [0.1, 0.15) is 22.9 Å². The summed E-state index contributed by atoms with van der Waals surface area (Å²) in [6, 6.07) is 21.7. The highest BCUT2D eigenvalue weighted by atomic mass is 16.5. The van der Waals surface area contributed by atoms with Crippen molar-refractivity contribution in [1.29, 1.82) is 0 Å². The Balaban J connectivity index is 1.75. The minimum absolute atomic E-state index is 0.0782. The number of carbonyl (C=O) groups is 2. The normalized spacial score (nSPS) is 13.3. The molecule has 0 bridgehead atoms. The molecule has 7 heteroatoms. The molecular weight excluding hydrogens is 432 g/mol. The Morgan fingerprint density at radius 3 is 2.12 bits per heavy atom. The quantitative estimate of drug-likeness (QED) is 0.476. The fraction of sp³-hybridized carbons (Fsp3) is 0.185. The zero-order chi connectivity index (χ0) is 24.1. The molecule has 7 nitrogen and oxygen atoms in total. The number of anilines is 1. The maximum Gasteiger partial charge on any atom is 0.278 e. The lowest BCUT2D eigenvalue weighted by molar-refractivity contribution is -0.137. The molecule has 3 aromatic carbocycles. The Labute approximate surface area is 198 Å². The van der Waals surface area contributed by atoms with E-state index in [4.69, 9.17) is 14.2 Å². The van der Waals surface area contributed by atoms with Gasteiger partial charge in [0.25, 0.3) is 11.8 Å². The third-order valence-corrected chi connectivity index (χ3v) is 5.50. The van der Waals surface area contributed by atoms with Gasteiger partial charge in [-0.25, -0.2) is 0 Å². The number of amides is 2. The van der Waals surface area contributed by atoms with Crippen LogP contribution in [0.4, 0.5) is 5.69 Å². The lowest BCUT2D eigenvalue weighted by atomic mass is 10.0. The van der Waals surface area contributed by atoms with Gasteiger partial charge in [-0.2, -0.15) is 0 Å². The van der Waals surface area contributed by atoms with Crippen LogP contribution in [0.1, 0.15) is 18.1 Å². The fourth-order valence-corrected chi connectivity index (χ4v) is 3.89. The second-order valence-corrected chi connectivity index (χ2v) is 7.54. The van der Waals surface area contributed by atoms with E-state index in [-0.39, 0.29) is 17.8 Å². The number of carbonyl (C=O) groups excluding carboxylic acids is 2. The second-order valence-electron chi connectivity index (χ2n) is 7.54. The highest BCUT2D eigenvalue weighted by Gasteiger charge is 2.40. The maximum atomic E-state index is 13.6. The van der Waals surface area contributed by atoms with E-state index in [1.165, 1.54) is 12.0 Å². The molecule has 0 saturated carbocycles. The average molecular weight is 459 g/mol. The van der Waals surface area contributed by atoms with E-state index < -0.39 is 11.8 Å². The summed E-state index contributed by atoms with van der Waals surface area (Å²) in [5, 5.41) is 3.16. The number of methoxy groups -OCH3 is 2. The van der Waals surface area contributed by atoms with Gasteiger partial charge in [-0.15, -0.1) is 0 Å². The Morgan fingerprint density at radius 1 is 0.794 bits per heavy atom. The summed E-state index contributed by atoms with van der Waals surface area (Å²) >= 11 is 0. The van der Waals surface area contributed by atoms with Crippen LogP contribution in [0, 0.1) is 0 Å². The monoisotopic (exact) mass is 458 g/mol. The molecule has 34 heavy (non-hydrogen) atoms. The van der Waals surface area contributed by atoms with Gasteiger partial charge in [0, 0.05) is 16.8 Å². The summed E-state index contributed by atoms with van der Waals surface area (Å²) in [4.78, 5) is 28.4. The summed E-state index contributed by atoms with van der Waals surface area (Å²) in [6.45, 7) is 2.55. The third kappa shape index (κ3) is 4.45. The number of para-hydroxylation sites is 2. The molecule has 0 atom stereocenters. The van der Waals surface area contributed by atoms with Crippen molar-refractivity contribution in [1.82, 2.24) is 4.90 Å². The van der Waals surface area contributed by atoms with E-state index in [0.29, 0.717) is 29.4 Å². The minimum Gasteiger partial charge on any atom is -0.496 e. The molecule has 0 saturated heterocycles. The van der Waals surface area contributed by atoms with Crippen molar-refractivity contribution in [3.63, 3.8) is 0 Å². The van der Waals surface area contributed by atoms with E-state index in [1.807, 2.05) is 43.3 Å². The van der Waals surface area contributed by atoms with Gasteiger partial charge >= 0.3 is 0 Å². The van der Waals surface area contributed by atoms with E-state index in [0.717, 1.165) is 11.3 Å². The zero-order valence-electron chi connectivity index (χ0n) is 19.3. The van der Waals surface area contributed by atoms with Crippen molar-refractivity contribution < 1.29 is 23.8 Å². The highest BCUT2D eigenvalue weighted by molar-refractivity contribution is 6.37. The zero-order valence-corrected chi connectivity index (χ0v) is 19.3. The first kappa shape index (κ1) is 22.9. The number of imide groups is 1. The van der Waals surface area contributed by atoms with Crippen LogP contribution >= 0.6 is 0 Å². The molecule has 174 valence electrons. The minimum atomic E-state index is -0.425. The van der Waals surface area contributed by atoms with Crippen LogP contribution < -0.4 is 19.5 Å². The second kappa shape index (κ2) is 10.1. The molecule has 2 amide bonds. The molecule has 4 rings (SSSR count). The van der Waals surface area contributed by atoms with E-state index in [1.54, 1.807) is 43.5 Å². The molecule has 0 radical (unpaired) electrons. The number of nitrogens with one attached hydrogen (secondary N) is 1. The Hall–Kier alpha value is -4.26. The molecule has 0 aliphatic carbocycles. The van der Waals surface area contributed by atoms with Gasteiger partial charge in [0.05, 0.1) is 32.9 Å². The van der Waals surface area contributed by atoms with Gasteiger partial charge in [-0.1, -0.05) is 36.4 Å². The van der Waals surface area contributed by atoms with Crippen LogP contribution in [0.5, 0.6) is 17.2 Å². The number of hydrogen-bond acceptors (Lipinski definition) is 6. The predicted octanol–water partition coefficient (Wildman–Crippen LogP) is 4.49. The van der Waals surface area contributed by atoms with Gasteiger partial charge in [-0.3, -0.25) is 14.5 Å². The first-order valence-corrected chi connectivity index (χ1v) is 10.9. The van der Waals surface area contributed by atoms with Crippen molar-refractivity contribution in [3.05, 3.63) is 89.6 Å². The van der Waals surface area contributed by atoms with Crippen LogP contribution in [-0.4, -0.2) is 37.5 Å². The topological polar surface area (TPSA) is 77.1 Å². The molecule has 1 aliphatic rings. The van der Waals surface area contributed by atoms with Crippen molar-refractivity contribution in [2.24, 2.45) is 0 Å². The summed E-state index contributed by atoms with van der Waals surface area (Å²) in [5.74, 6) is 0.997. The first-order chi connectivity index (χ1) is 16.6. The van der Waals surface area contributed by atoms with Crippen molar-refractivity contribution >= 4 is 23.1 Å². The molecule has 0 spiro atoms. The summed E-state index contributed by atoms with van der Waals surface area (Å²) in [5.41, 5.74) is 2.37. The van der Waals surface area contributed by atoms with Crippen LogP contribution in [0.2, 0.25) is 0 Å². The lowest BCUT2D eigenvalue weighted by Gasteiger charge is -2.17. The highest BCUT2D eigenvalue weighted by Crippen LogP contribution is 2.36. The van der Waals surface area contributed by atoms with Crippen molar-refractivity contribution in [2.45, 2.75) is 13.5 Å². The number of rotatable bonds is 9. The molecular formula is C27H26N2O5. The smallest absolute Gasteiger partial charge is 0.278 e. The SMILES string of the molecule is CCOc1ccc(NC2=C(c3ccccc3OC)C(=O)N(Cc3ccccc3OC)C2=O)cc1. The fourth-order valence-electron chi connectivity index (χ4n) is 3.89. The Morgan fingerprint density at radius 2 is 1.44 bits per heavy atom. The summed E-state index contributed by atoms with van der Waals surface area (Å²) < 4.78 is 16.4. The van der Waals surface area contributed by atoms with Crippen LogP contribution in [0.15, 0.2) is 78.5 Å². The van der Waals surface area contributed by atoms with Crippen LogP contribution in [0.25, 0.3) is 5.57 Å². The molecule has 1 N–H and O–H groups in total. The van der Waals surface area contributed by atoms with E-state index in [9.17, 15) is 9.59 Å². The van der Waals surface area contributed by atoms with Gasteiger partial charge in [0.2, 0.25) is 0 Å². The number of ether oxygens (including phenoxy) is 3. The number of hydrogen-bond donors (Lipinski definition) is 1. The van der Waals surface area contributed by atoms with Gasteiger partial charge < -0.3 is 19.5 Å². The van der Waals surface area contributed by atoms with Crippen molar-refractivity contribution in [2.75, 3.05) is 26.1 Å². The Bertz CT molecular complexity index is 1230. The lowest BCUT2D eigenvalue weighted by Crippen LogP contribution is -2.32. The molecule has 1 heterocycles. The molecule has 1 aliphatic heterocycles. The summed E-state index contributed by atoms with van der Waals surface area (Å²) in [7, 11) is 3.09. The third-order valence-electron chi connectivity index (χ3n) is 5.50. The largest absolute Gasteiger partial charge is 0.496 e. The number of nitrogens with zero attached hydrogens (tertiary/aromatic N) is 1. The van der Waals surface area contributed by atoms with E-state index >= 15 is 0 Å². The number of benzene rings is 3.